The summed E-state index contributed by atoms with van der Waals surface area (Å²) in [5.74, 6) is -0.244. The molecular weight excluding hydrogens is 363 g/mol. The van der Waals surface area contributed by atoms with Gasteiger partial charge in [0.2, 0.25) is 11.8 Å². The van der Waals surface area contributed by atoms with Crippen LogP contribution in [0.15, 0.2) is 24.3 Å². The predicted octanol–water partition coefficient (Wildman–Crippen LogP) is 2.71. The molecule has 0 saturated carbocycles. The first kappa shape index (κ1) is 21.0. The number of ether oxygens (including phenoxy) is 1. The first-order valence-corrected chi connectivity index (χ1v) is 8.74. The summed E-state index contributed by atoms with van der Waals surface area (Å²) in [5, 5.41) is 2.58. The van der Waals surface area contributed by atoms with Gasteiger partial charge in [0.1, 0.15) is 5.75 Å². The molecule has 0 unspecified atom stereocenters. The van der Waals surface area contributed by atoms with Gasteiger partial charge in [-0.1, -0.05) is 6.92 Å². The van der Waals surface area contributed by atoms with Crippen LogP contribution in [0, 0.1) is 5.92 Å². The summed E-state index contributed by atoms with van der Waals surface area (Å²) in [6.07, 6.45) is -2.65. The van der Waals surface area contributed by atoms with Crippen LogP contribution >= 0.6 is 0 Å². The second-order valence-corrected chi connectivity index (χ2v) is 6.88. The fourth-order valence-corrected chi connectivity index (χ4v) is 2.99. The van der Waals surface area contributed by atoms with Crippen molar-refractivity contribution in [3.8, 4) is 5.75 Å². The first-order valence-electron chi connectivity index (χ1n) is 8.74. The molecule has 9 heteroatoms. The minimum absolute atomic E-state index is 0.00403. The molecule has 2 rings (SSSR count). The number of likely N-dealkylation sites (N-methyl/N-ethyl adjacent to an activating group) is 1. The minimum atomic E-state index is -4.76. The van der Waals surface area contributed by atoms with E-state index in [1.165, 1.54) is 12.1 Å². The molecule has 2 amide bonds. The Morgan fingerprint density at radius 1 is 1.26 bits per heavy atom. The zero-order valence-electron chi connectivity index (χ0n) is 15.4. The zero-order chi connectivity index (χ0) is 20.0. The van der Waals surface area contributed by atoms with Gasteiger partial charge in [0.15, 0.2) is 0 Å². The van der Waals surface area contributed by atoms with Crippen LogP contribution in [0.5, 0.6) is 5.75 Å². The summed E-state index contributed by atoms with van der Waals surface area (Å²) in [6.45, 7) is 3.73. The normalized spacial score (nSPS) is 17.7. The second-order valence-electron chi connectivity index (χ2n) is 6.88. The van der Waals surface area contributed by atoms with E-state index in [9.17, 15) is 22.8 Å². The molecule has 1 atom stereocenters. The molecule has 0 bridgehead atoms. The highest BCUT2D eigenvalue weighted by atomic mass is 19.4. The molecule has 1 saturated heterocycles. The Morgan fingerprint density at radius 3 is 2.52 bits per heavy atom. The van der Waals surface area contributed by atoms with E-state index in [-0.39, 0.29) is 30.7 Å². The molecule has 27 heavy (non-hydrogen) atoms. The van der Waals surface area contributed by atoms with Gasteiger partial charge in [-0.2, -0.15) is 0 Å². The summed E-state index contributed by atoms with van der Waals surface area (Å²) >= 11 is 0. The summed E-state index contributed by atoms with van der Waals surface area (Å²) in [6, 6.07) is 4.88. The van der Waals surface area contributed by atoms with Crippen LogP contribution in [0.2, 0.25) is 0 Å². The van der Waals surface area contributed by atoms with Gasteiger partial charge in [-0.05, 0) is 50.1 Å². The van der Waals surface area contributed by atoms with Gasteiger partial charge >= 0.3 is 6.36 Å². The molecule has 1 heterocycles. The maximum absolute atomic E-state index is 12.3. The summed E-state index contributed by atoms with van der Waals surface area (Å²) in [4.78, 5) is 27.8. The van der Waals surface area contributed by atoms with Crippen molar-refractivity contribution in [2.24, 2.45) is 5.92 Å². The van der Waals surface area contributed by atoms with Crippen LogP contribution in [0.4, 0.5) is 18.9 Å². The third-order valence-corrected chi connectivity index (χ3v) is 4.20. The number of carbonyl (C=O) groups is 2. The lowest BCUT2D eigenvalue weighted by Crippen LogP contribution is -2.45. The maximum atomic E-state index is 12.3. The van der Waals surface area contributed by atoms with Crippen molar-refractivity contribution in [2.75, 3.05) is 38.5 Å². The molecule has 1 fully saturated rings. The topological polar surface area (TPSA) is 61.9 Å². The fraction of sp³-hybridized carbons (Fsp3) is 0.556. The number of nitrogens with zero attached hydrogens (tertiary/aromatic N) is 2. The molecule has 1 aliphatic heterocycles. The zero-order valence-corrected chi connectivity index (χ0v) is 15.4. The van der Waals surface area contributed by atoms with Gasteiger partial charge in [0.25, 0.3) is 0 Å². The molecule has 1 aliphatic rings. The van der Waals surface area contributed by atoms with Gasteiger partial charge in [0.05, 0.1) is 13.1 Å². The van der Waals surface area contributed by atoms with Crippen molar-refractivity contribution in [1.29, 1.82) is 0 Å². The fourth-order valence-electron chi connectivity index (χ4n) is 2.99. The number of likely N-dealkylation sites (tertiary alicyclic amines) is 1. The third-order valence-electron chi connectivity index (χ3n) is 4.20. The lowest BCUT2D eigenvalue weighted by Gasteiger charge is -2.32. The molecule has 0 aromatic heterocycles. The number of hydrogen-bond acceptors (Lipinski definition) is 4. The molecule has 150 valence electrons. The average molecular weight is 387 g/mol. The van der Waals surface area contributed by atoms with Crippen molar-refractivity contribution in [3.05, 3.63) is 24.3 Å². The van der Waals surface area contributed by atoms with E-state index in [1.54, 1.807) is 11.9 Å². The quantitative estimate of drug-likeness (QED) is 0.815. The molecule has 1 aromatic rings. The Labute approximate surface area is 156 Å². The van der Waals surface area contributed by atoms with Gasteiger partial charge in [-0.25, -0.2) is 0 Å². The summed E-state index contributed by atoms with van der Waals surface area (Å²) in [7, 11) is 1.67. The number of benzene rings is 1. The van der Waals surface area contributed by atoms with Gasteiger partial charge in [-0.3, -0.25) is 14.5 Å². The standard InChI is InChI=1S/C18H24F3N3O3/c1-13-4-3-9-24(10-13)17(26)12-23(2)11-16(25)22-14-5-7-15(8-6-14)27-18(19,20)21/h5-8,13H,3-4,9-12H2,1-2H3,(H,22,25)/t13-/m0/s1. The number of nitrogens with one attached hydrogen (secondary N) is 1. The first-order chi connectivity index (χ1) is 12.6. The number of amides is 2. The Kier molecular flexibility index (Phi) is 7.06. The number of hydrogen-bond donors (Lipinski definition) is 1. The van der Waals surface area contributed by atoms with Crippen LogP contribution in [0.1, 0.15) is 19.8 Å². The smallest absolute Gasteiger partial charge is 0.406 e. The van der Waals surface area contributed by atoms with E-state index in [0.717, 1.165) is 38.1 Å². The van der Waals surface area contributed by atoms with E-state index < -0.39 is 6.36 Å². The molecule has 6 nitrogen and oxygen atoms in total. The second kappa shape index (κ2) is 9.07. The number of halogens is 3. The van der Waals surface area contributed by atoms with Crippen LogP contribution < -0.4 is 10.1 Å². The largest absolute Gasteiger partial charge is 0.573 e. The van der Waals surface area contributed by atoms with Gasteiger partial charge < -0.3 is 15.0 Å². The highest BCUT2D eigenvalue weighted by Crippen LogP contribution is 2.24. The van der Waals surface area contributed by atoms with Crippen molar-refractivity contribution < 1.29 is 27.5 Å². The van der Waals surface area contributed by atoms with Crippen molar-refractivity contribution in [3.63, 3.8) is 0 Å². The number of piperidine rings is 1. The Balaban J connectivity index is 1.78. The number of anilines is 1. The van der Waals surface area contributed by atoms with Crippen molar-refractivity contribution >= 4 is 17.5 Å². The van der Waals surface area contributed by atoms with Crippen LogP contribution in [-0.2, 0) is 9.59 Å². The van der Waals surface area contributed by atoms with Crippen LogP contribution in [0.25, 0.3) is 0 Å². The Morgan fingerprint density at radius 2 is 1.93 bits per heavy atom. The van der Waals surface area contributed by atoms with E-state index in [2.05, 4.69) is 17.0 Å². The van der Waals surface area contributed by atoms with Crippen molar-refractivity contribution in [1.82, 2.24) is 9.80 Å². The summed E-state index contributed by atoms with van der Waals surface area (Å²) < 4.78 is 40.2. The molecule has 1 aromatic carbocycles. The number of alkyl halides is 3. The van der Waals surface area contributed by atoms with Crippen LogP contribution in [0.3, 0.4) is 0 Å². The monoisotopic (exact) mass is 387 g/mol. The molecule has 1 N–H and O–H groups in total. The summed E-state index contributed by atoms with van der Waals surface area (Å²) in [5.41, 5.74) is 0.346. The van der Waals surface area contributed by atoms with E-state index >= 15 is 0 Å². The molecule has 0 aliphatic carbocycles. The van der Waals surface area contributed by atoms with E-state index in [0.29, 0.717) is 11.6 Å². The Hall–Kier alpha value is -2.29. The number of carbonyl (C=O) groups excluding carboxylic acids is 2. The van der Waals surface area contributed by atoms with E-state index in [1.807, 2.05) is 4.90 Å². The minimum Gasteiger partial charge on any atom is -0.406 e. The SMILES string of the molecule is C[C@H]1CCCN(C(=O)CN(C)CC(=O)Nc2ccc(OC(F)(F)F)cc2)C1. The lowest BCUT2D eigenvalue weighted by molar-refractivity contribution is -0.274. The average Bonchev–Trinajstić information content (AvgIpc) is 2.55. The highest BCUT2D eigenvalue weighted by molar-refractivity contribution is 5.92. The maximum Gasteiger partial charge on any atom is 0.573 e. The Bertz CT molecular complexity index is 649. The van der Waals surface area contributed by atoms with E-state index in [4.69, 9.17) is 0 Å². The van der Waals surface area contributed by atoms with Crippen LogP contribution in [-0.4, -0.2) is 61.2 Å². The molecular formula is C18H24F3N3O3. The van der Waals surface area contributed by atoms with Gasteiger partial charge in [-0.15, -0.1) is 13.2 Å². The van der Waals surface area contributed by atoms with Crippen molar-refractivity contribution in [2.45, 2.75) is 26.1 Å². The highest BCUT2D eigenvalue weighted by Gasteiger charge is 2.31. The van der Waals surface area contributed by atoms with Gasteiger partial charge in [0, 0.05) is 18.8 Å². The lowest BCUT2D eigenvalue weighted by atomic mass is 10.0. The third kappa shape index (κ3) is 7.46. The molecule has 0 radical (unpaired) electrons. The molecule has 0 spiro atoms. The number of rotatable bonds is 6. The predicted molar refractivity (Wildman–Crippen MR) is 94.2 cm³/mol.